The van der Waals surface area contributed by atoms with Crippen molar-refractivity contribution in [2.75, 3.05) is 22.9 Å². The third kappa shape index (κ3) is 4.15. The highest BCUT2D eigenvalue weighted by molar-refractivity contribution is 5.77. The van der Waals surface area contributed by atoms with Crippen LogP contribution in [-0.4, -0.2) is 30.2 Å². The zero-order valence-electron chi connectivity index (χ0n) is 17.8. The van der Waals surface area contributed by atoms with Crippen LogP contribution in [0, 0.1) is 5.92 Å². The molecule has 0 bridgehead atoms. The van der Waals surface area contributed by atoms with E-state index >= 15 is 0 Å². The molecule has 170 valence electrons. The summed E-state index contributed by atoms with van der Waals surface area (Å²) in [5, 5.41) is 9.17. The van der Waals surface area contributed by atoms with E-state index in [-0.39, 0.29) is 12.0 Å². The number of carboxylic acid groups (broad SMARTS) is 1. The van der Waals surface area contributed by atoms with E-state index in [2.05, 4.69) is 4.90 Å². The molecule has 0 aliphatic carbocycles. The van der Waals surface area contributed by atoms with Crippen molar-refractivity contribution in [3.8, 4) is 0 Å². The van der Waals surface area contributed by atoms with Gasteiger partial charge in [-0.2, -0.15) is 13.2 Å². The predicted octanol–water partition coefficient (Wildman–Crippen LogP) is 5.53. The van der Waals surface area contributed by atoms with E-state index in [1.165, 1.54) is 6.07 Å². The Morgan fingerprint density at radius 2 is 1.67 bits per heavy atom. The van der Waals surface area contributed by atoms with Crippen molar-refractivity contribution in [3.63, 3.8) is 0 Å². The van der Waals surface area contributed by atoms with Gasteiger partial charge in [0.25, 0.3) is 0 Å². The number of hydrogen-bond donors (Lipinski definition) is 1. The Bertz CT molecular complexity index is 1170. The van der Waals surface area contributed by atoms with Gasteiger partial charge in [-0.1, -0.05) is 36.4 Å². The first-order valence-electron chi connectivity index (χ1n) is 10.9. The molecule has 0 saturated carbocycles. The monoisotopic (exact) mass is 452 g/mol. The van der Waals surface area contributed by atoms with Gasteiger partial charge in [0.1, 0.15) is 0 Å². The smallest absolute Gasteiger partial charge is 0.416 e. The Kier molecular flexibility index (Phi) is 5.27. The van der Waals surface area contributed by atoms with Gasteiger partial charge in [-0.05, 0) is 60.4 Å². The van der Waals surface area contributed by atoms with Crippen LogP contribution in [-0.2, 0) is 23.8 Å². The van der Waals surface area contributed by atoms with Crippen LogP contribution in [0.15, 0.2) is 72.8 Å². The summed E-state index contributed by atoms with van der Waals surface area (Å²) >= 11 is 0. The highest BCUT2D eigenvalue weighted by Gasteiger charge is 2.37. The lowest BCUT2D eigenvalue weighted by molar-refractivity contribution is -0.142. The number of carboxylic acids is 1. The van der Waals surface area contributed by atoms with Gasteiger partial charge < -0.3 is 14.9 Å². The average Bonchev–Trinajstić information content (AvgIpc) is 3.09. The SMILES string of the molecule is O=C(O)C1CN(c2cccc(N3c4ccc(C(F)(F)F)cc4CC3Cc3ccccc3)c2)C1. The molecule has 0 amide bonds. The van der Waals surface area contributed by atoms with Gasteiger partial charge in [-0.25, -0.2) is 0 Å². The molecule has 2 aliphatic heterocycles. The van der Waals surface area contributed by atoms with E-state index < -0.39 is 17.7 Å². The molecule has 1 fully saturated rings. The minimum atomic E-state index is -4.38. The van der Waals surface area contributed by atoms with Crippen LogP contribution in [0.4, 0.5) is 30.2 Å². The summed E-state index contributed by atoms with van der Waals surface area (Å²) < 4.78 is 40.0. The van der Waals surface area contributed by atoms with Gasteiger partial charge in [-0.3, -0.25) is 4.79 Å². The number of halogens is 3. The van der Waals surface area contributed by atoms with E-state index in [9.17, 15) is 23.1 Å². The number of hydrogen-bond acceptors (Lipinski definition) is 3. The molecule has 0 aromatic heterocycles. The van der Waals surface area contributed by atoms with Gasteiger partial charge in [0.05, 0.1) is 11.5 Å². The standard InChI is InChI=1S/C26H23F3N2O2/c27-26(28,29)20-9-10-24-18(12-20)13-23(11-17-5-2-1-3-6-17)31(24)22-8-4-7-21(14-22)30-15-19(16-30)25(32)33/h1-10,12,14,19,23H,11,13,15-16H2,(H,32,33). The van der Waals surface area contributed by atoms with E-state index in [4.69, 9.17) is 0 Å². The van der Waals surface area contributed by atoms with Gasteiger partial charge in [0, 0.05) is 36.2 Å². The molecule has 7 heteroatoms. The molecule has 2 aliphatic rings. The number of benzene rings is 3. The lowest BCUT2D eigenvalue weighted by atomic mass is 9.99. The van der Waals surface area contributed by atoms with Crippen LogP contribution in [0.3, 0.4) is 0 Å². The molecular formula is C26H23F3N2O2. The third-order valence-corrected chi connectivity index (χ3v) is 6.51. The minimum absolute atomic E-state index is 0.0238. The van der Waals surface area contributed by atoms with Crippen molar-refractivity contribution in [3.05, 3.63) is 89.5 Å². The maximum absolute atomic E-state index is 13.3. The summed E-state index contributed by atoms with van der Waals surface area (Å²) in [6.07, 6.45) is -3.16. The first kappa shape index (κ1) is 21.4. The number of anilines is 3. The van der Waals surface area contributed by atoms with Gasteiger partial charge >= 0.3 is 12.1 Å². The Hall–Kier alpha value is -3.48. The first-order valence-corrected chi connectivity index (χ1v) is 10.9. The zero-order valence-corrected chi connectivity index (χ0v) is 17.8. The number of rotatable bonds is 5. The normalized spacial score (nSPS) is 18.2. The fourth-order valence-electron chi connectivity index (χ4n) is 4.79. The number of aliphatic carboxylic acids is 1. The second kappa shape index (κ2) is 8.14. The van der Waals surface area contributed by atoms with Crippen molar-refractivity contribution in [2.24, 2.45) is 5.92 Å². The van der Waals surface area contributed by atoms with Crippen LogP contribution in [0.25, 0.3) is 0 Å². The molecule has 0 radical (unpaired) electrons. The molecule has 1 atom stereocenters. The fourth-order valence-corrected chi connectivity index (χ4v) is 4.79. The summed E-state index contributed by atoms with van der Waals surface area (Å²) in [6, 6.07) is 21.7. The highest BCUT2D eigenvalue weighted by atomic mass is 19.4. The quantitative estimate of drug-likeness (QED) is 0.553. The van der Waals surface area contributed by atoms with Crippen molar-refractivity contribution < 1.29 is 23.1 Å². The van der Waals surface area contributed by atoms with E-state index in [1.54, 1.807) is 6.07 Å². The summed E-state index contributed by atoms with van der Waals surface area (Å²) in [7, 11) is 0. The first-order chi connectivity index (χ1) is 15.8. The molecular weight excluding hydrogens is 429 g/mol. The average molecular weight is 452 g/mol. The van der Waals surface area contributed by atoms with E-state index in [0.717, 1.165) is 28.7 Å². The lowest BCUT2D eigenvalue weighted by Gasteiger charge is -2.39. The van der Waals surface area contributed by atoms with Crippen molar-refractivity contribution in [2.45, 2.75) is 25.1 Å². The number of nitrogens with zero attached hydrogens (tertiary/aromatic N) is 2. The Morgan fingerprint density at radius 1 is 0.939 bits per heavy atom. The van der Waals surface area contributed by atoms with Crippen LogP contribution in [0.1, 0.15) is 16.7 Å². The molecule has 33 heavy (non-hydrogen) atoms. The second-order valence-corrected chi connectivity index (χ2v) is 8.72. The highest BCUT2D eigenvalue weighted by Crippen LogP contribution is 2.43. The van der Waals surface area contributed by atoms with Crippen LogP contribution < -0.4 is 9.80 Å². The largest absolute Gasteiger partial charge is 0.481 e. The molecule has 0 spiro atoms. The van der Waals surface area contributed by atoms with Crippen molar-refractivity contribution in [1.82, 2.24) is 0 Å². The zero-order chi connectivity index (χ0) is 23.2. The van der Waals surface area contributed by atoms with Gasteiger partial charge in [-0.15, -0.1) is 0 Å². The molecule has 5 rings (SSSR count). The fraction of sp³-hybridized carbons (Fsp3) is 0.269. The molecule has 1 N–H and O–H groups in total. The summed E-state index contributed by atoms with van der Waals surface area (Å²) in [5.74, 6) is -1.16. The topological polar surface area (TPSA) is 43.8 Å². The molecule has 1 saturated heterocycles. The second-order valence-electron chi connectivity index (χ2n) is 8.72. The number of alkyl halides is 3. The van der Waals surface area contributed by atoms with Crippen molar-refractivity contribution >= 4 is 23.0 Å². The van der Waals surface area contributed by atoms with Gasteiger partial charge in [0.2, 0.25) is 0 Å². The van der Waals surface area contributed by atoms with Crippen LogP contribution in [0.2, 0.25) is 0 Å². The predicted molar refractivity (Wildman–Crippen MR) is 121 cm³/mol. The van der Waals surface area contributed by atoms with Gasteiger partial charge in [0.15, 0.2) is 0 Å². The summed E-state index contributed by atoms with van der Waals surface area (Å²) in [5.41, 5.74) is 3.78. The third-order valence-electron chi connectivity index (χ3n) is 6.51. The molecule has 3 aromatic rings. The number of fused-ring (bicyclic) bond motifs is 1. The minimum Gasteiger partial charge on any atom is -0.481 e. The van der Waals surface area contributed by atoms with Crippen LogP contribution >= 0.6 is 0 Å². The van der Waals surface area contributed by atoms with Crippen LogP contribution in [0.5, 0.6) is 0 Å². The number of carbonyl (C=O) groups is 1. The maximum atomic E-state index is 13.3. The van der Waals surface area contributed by atoms with E-state index in [1.807, 2.05) is 59.5 Å². The summed E-state index contributed by atoms with van der Waals surface area (Å²) in [4.78, 5) is 15.3. The van der Waals surface area contributed by atoms with E-state index in [0.29, 0.717) is 31.5 Å². The Balaban J connectivity index is 1.49. The molecule has 4 nitrogen and oxygen atoms in total. The summed E-state index contributed by atoms with van der Waals surface area (Å²) in [6.45, 7) is 0.912. The lowest BCUT2D eigenvalue weighted by Crippen LogP contribution is -2.50. The maximum Gasteiger partial charge on any atom is 0.416 e. The Labute approximate surface area is 189 Å². The molecule has 3 aromatic carbocycles. The Morgan fingerprint density at radius 3 is 2.36 bits per heavy atom. The molecule has 1 unspecified atom stereocenters. The molecule has 2 heterocycles. The van der Waals surface area contributed by atoms with Crippen molar-refractivity contribution in [1.29, 1.82) is 0 Å².